The smallest absolute Gasteiger partial charge is 0.241 e. The quantitative estimate of drug-likeness (QED) is 0.575. The fraction of sp³-hybridized carbons (Fsp3) is 0.667. The van der Waals surface area contributed by atoms with E-state index in [4.69, 9.17) is 5.11 Å². The Morgan fingerprint density at radius 2 is 2.54 bits per heavy atom. The second kappa shape index (κ2) is 4.51. The van der Waals surface area contributed by atoms with E-state index in [1.54, 1.807) is 6.92 Å². The summed E-state index contributed by atoms with van der Waals surface area (Å²) in [4.78, 5) is 11.1. The van der Waals surface area contributed by atoms with Crippen LogP contribution in [0.2, 0.25) is 0 Å². The van der Waals surface area contributed by atoms with Crippen molar-refractivity contribution < 1.29 is 9.90 Å². The first-order valence-electron chi connectivity index (χ1n) is 3.84. The Kier molecular flexibility index (Phi) is 3.32. The SMILES string of the molecule is CC(O)CNC(=O)Cn1cnnn1. The highest BCUT2D eigenvalue weighted by Gasteiger charge is 2.04. The van der Waals surface area contributed by atoms with Gasteiger partial charge in [0.2, 0.25) is 5.91 Å². The topological polar surface area (TPSA) is 92.9 Å². The number of nitrogens with zero attached hydrogens (tertiary/aromatic N) is 4. The Morgan fingerprint density at radius 1 is 1.77 bits per heavy atom. The number of hydrogen-bond donors (Lipinski definition) is 2. The van der Waals surface area contributed by atoms with Gasteiger partial charge >= 0.3 is 0 Å². The molecule has 0 aliphatic carbocycles. The number of aliphatic hydroxyl groups is 1. The number of nitrogens with one attached hydrogen (secondary N) is 1. The summed E-state index contributed by atoms with van der Waals surface area (Å²) in [6, 6.07) is 0. The largest absolute Gasteiger partial charge is 0.392 e. The lowest BCUT2D eigenvalue weighted by atomic mass is 10.4. The van der Waals surface area contributed by atoms with Crippen LogP contribution in [-0.4, -0.2) is 43.9 Å². The molecule has 1 rings (SSSR count). The van der Waals surface area contributed by atoms with Crippen molar-refractivity contribution in [3.63, 3.8) is 0 Å². The highest BCUT2D eigenvalue weighted by atomic mass is 16.3. The molecule has 1 atom stereocenters. The molecule has 7 nitrogen and oxygen atoms in total. The molecule has 0 aromatic carbocycles. The minimum Gasteiger partial charge on any atom is -0.392 e. The number of carbonyl (C=O) groups excluding carboxylic acids is 1. The minimum absolute atomic E-state index is 0.0692. The van der Waals surface area contributed by atoms with Gasteiger partial charge in [-0.2, -0.15) is 0 Å². The first-order chi connectivity index (χ1) is 6.18. The van der Waals surface area contributed by atoms with Crippen LogP contribution >= 0.6 is 0 Å². The Balaban J connectivity index is 2.26. The molecule has 1 aromatic rings. The maximum Gasteiger partial charge on any atom is 0.241 e. The Morgan fingerprint density at radius 3 is 3.08 bits per heavy atom. The van der Waals surface area contributed by atoms with Crippen LogP contribution < -0.4 is 5.32 Å². The summed E-state index contributed by atoms with van der Waals surface area (Å²) in [6.07, 6.45) is 0.805. The second-order valence-electron chi connectivity index (χ2n) is 2.66. The predicted molar refractivity (Wildman–Crippen MR) is 42.5 cm³/mol. The van der Waals surface area contributed by atoms with Gasteiger partial charge in [0.25, 0.3) is 0 Å². The standard InChI is InChI=1S/C6H11N5O2/c1-5(12)2-7-6(13)3-11-4-8-9-10-11/h4-5,12H,2-3H2,1H3,(H,7,13). The highest BCUT2D eigenvalue weighted by Crippen LogP contribution is 1.80. The Hall–Kier alpha value is -1.50. The molecule has 2 N–H and O–H groups in total. The maximum absolute atomic E-state index is 11.1. The number of amides is 1. The van der Waals surface area contributed by atoms with Crippen molar-refractivity contribution in [1.82, 2.24) is 25.5 Å². The van der Waals surface area contributed by atoms with Crippen LogP contribution in [-0.2, 0) is 11.3 Å². The molecule has 1 aromatic heterocycles. The van der Waals surface area contributed by atoms with Gasteiger partial charge in [-0.15, -0.1) is 5.10 Å². The summed E-state index contributed by atoms with van der Waals surface area (Å²) in [6.45, 7) is 1.90. The van der Waals surface area contributed by atoms with Gasteiger partial charge in [-0.3, -0.25) is 4.79 Å². The van der Waals surface area contributed by atoms with E-state index in [1.165, 1.54) is 11.0 Å². The molecule has 7 heteroatoms. The molecular formula is C6H11N5O2. The zero-order valence-electron chi connectivity index (χ0n) is 7.21. The zero-order chi connectivity index (χ0) is 9.68. The van der Waals surface area contributed by atoms with E-state index < -0.39 is 6.10 Å². The van der Waals surface area contributed by atoms with Gasteiger partial charge in [0, 0.05) is 6.54 Å². The molecule has 0 radical (unpaired) electrons. The van der Waals surface area contributed by atoms with Crippen LogP contribution in [0.25, 0.3) is 0 Å². The highest BCUT2D eigenvalue weighted by molar-refractivity contribution is 5.75. The number of aromatic nitrogens is 4. The van der Waals surface area contributed by atoms with Crippen LogP contribution in [0.15, 0.2) is 6.33 Å². The monoisotopic (exact) mass is 185 g/mol. The molecule has 1 heterocycles. The summed E-state index contributed by atoms with van der Waals surface area (Å²) in [5, 5.41) is 21.6. The van der Waals surface area contributed by atoms with Crippen LogP contribution in [0.1, 0.15) is 6.92 Å². The molecule has 72 valence electrons. The molecule has 0 saturated heterocycles. The maximum atomic E-state index is 11.1. The fourth-order valence-corrected chi connectivity index (χ4v) is 0.717. The fourth-order valence-electron chi connectivity index (χ4n) is 0.717. The number of hydrogen-bond acceptors (Lipinski definition) is 5. The Bertz CT molecular complexity index is 258. The van der Waals surface area contributed by atoms with E-state index in [2.05, 4.69) is 20.8 Å². The van der Waals surface area contributed by atoms with Crippen LogP contribution in [0.4, 0.5) is 0 Å². The van der Waals surface area contributed by atoms with Crippen molar-refractivity contribution in [3.05, 3.63) is 6.33 Å². The van der Waals surface area contributed by atoms with Crippen molar-refractivity contribution in [2.24, 2.45) is 0 Å². The van der Waals surface area contributed by atoms with E-state index in [-0.39, 0.29) is 19.0 Å². The third kappa shape index (κ3) is 3.61. The Labute approximate surface area is 74.7 Å². The first kappa shape index (κ1) is 9.59. The van der Waals surface area contributed by atoms with Gasteiger partial charge in [-0.05, 0) is 17.4 Å². The third-order valence-electron chi connectivity index (χ3n) is 1.29. The van der Waals surface area contributed by atoms with Crippen molar-refractivity contribution in [3.8, 4) is 0 Å². The minimum atomic E-state index is -0.544. The summed E-state index contributed by atoms with van der Waals surface area (Å²) in [5.41, 5.74) is 0. The van der Waals surface area contributed by atoms with Gasteiger partial charge in [-0.25, -0.2) is 4.68 Å². The van der Waals surface area contributed by atoms with Gasteiger partial charge < -0.3 is 10.4 Å². The van der Waals surface area contributed by atoms with Crippen LogP contribution in [0.3, 0.4) is 0 Å². The molecule has 0 saturated carbocycles. The number of carbonyl (C=O) groups is 1. The molecular weight excluding hydrogens is 174 g/mol. The lowest BCUT2D eigenvalue weighted by Crippen LogP contribution is -2.33. The average molecular weight is 185 g/mol. The zero-order valence-corrected chi connectivity index (χ0v) is 7.21. The van der Waals surface area contributed by atoms with E-state index in [0.29, 0.717) is 0 Å². The average Bonchev–Trinajstić information content (AvgIpc) is 2.53. The predicted octanol–water partition coefficient (Wildman–Crippen LogP) is -1.83. The van der Waals surface area contributed by atoms with E-state index in [0.717, 1.165) is 0 Å². The third-order valence-corrected chi connectivity index (χ3v) is 1.29. The molecule has 0 aliphatic heterocycles. The van der Waals surface area contributed by atoms with Gasteiger partial charge in [-0.1, -0.05) is 0 Å². The second-order valence-corrected chi connectivity index (χ2v) is 2.66. The molecule has 0 aliphatic rings. The number of aliphatic hydroxyl groups excluding tert-OH is 1. The first-order valence-corrected chi connectivity index (χ1v) is 3.84. The van der Waals surface area contributed by atoms with Gasteiger partial charge in [0.1, 0.15) is 12.9 Å². The van der Waals surface area contributed by atoms with Crippen molar-refractivity contribution in [2.45, 2.75) is 19.6 Å². The number of rotatable bonds is 4. The molecule has 0 bridgehead atoms. The van der Waals surface area contributed by atoms with Crippen LogP contribution in [0, 0.1) is 0 Å². The summed E-state index contributed by atoms with van der Waals surface area (Å²) in [5.74, 6) is -0.229. The van der Waals surface area contributed by atoms with Crippen LogP contribution in [0.5, 0.6) is 0 Å². The normalized spacial score (nSPS) is 12.5. The summed E-state index contributed by atoms with van der Waals surface area (Å²) < 4.78 is 1.30. The molecule has 13 heavy (non-hydrogen) atoms. The van der Waals surface area contributed by atoms with Crippen molar-refractivity contribution in [1.29, 1.82) is 0 Å². The van der Waals surface area contributed by atoms with E-state index in [9.17, 15) is 4.79 Å². The van der Waals surface area contributed by atoms with E-state index in [1.807, 2.05) is 0 Å². The molecule has 0 fully saturated rings. The summed E-state index contributed by atoms with van der Waals surface area (Å²) >= 11 is 0. The molecule has 1 unspecified atom stereocenters. The molecule has 0 spiro atoms. The van der Waals surface area contributed by atoms with Crippen molar-refractivity contribution in [2.75, 3.05) is 6.54 Å². The van der Waals surface area contributed by atoms with Gasteiger partial charge in [0.15, 0.2) is 0 Å². The van der Waals surface area contributed by atoms with Gasteiger partial charge in [0.05, 0.1) is 6.10 Å². The van der Waals surface area contributed by atoms with E-state index >= 15 is 0 Å². The van der Waals surface area contributed by atoms with Crippen molar-refractivity contribution >= 4 is 5.91 Å². The lowest BCUT2D eigenvalue weighted by Gasteiger charge is -2.05. The summed E-state index contributed by atoms with van der Waals surface area (Å²) in [7, 11) is 0. The number of tetrazole rings is 1. The molecule has 1 amide bonds. The lowest BCUT2D eigenvalue weighted by molar-refractivity contribution is -0.122.